The number of hydrogen-bond acceptors (Lipinski definition) is 8. The maximum Gasteiger partial charge on any atom is 0.219 e. The van der Waals surface area contributed by atoms with Gasteiger partial charge in [-0.15, -0.1) is 12.4 Å². The summed E-state index contributed by atoms with van der Waals surface area (Å²) in [5.41, 5.74) is 5.93. The van der Waals surface area contributed by atoms with Crippen LogP contribution in [0.3, 0.4) is 0 Å². The molecule has 0 atom stereocenters. The first-order valence-corrected chi connectivity index (χ1v) is 18.5. The number of aryl methyl sites for hydroxylation is 1. The van der Waals surface area contributed by atoms with E-state index in [-0.39, 0.29) is 12.4 Å². The van der Waals surface area contributed by atoms with Gasteiger partial charge >= 0.3 is 0 Å². The van der Waals surface area contributed by atoms with Crippen molar-refractivity contribution < 1.29 is 23.7 Å². The second-order valence-corrected chi connectivity index (χ2v) is 13.5. The third-order valence-corrected chi connectivity index (χ3v) is 9.60. The molecule has 54 heavy (non-hydrogen) atoms. The lowest BCUT2D eigenvalue weighted by Gasteiger charge is -2.37. The lowest BCUT2D eigenvalue weighted by Crippen LogP contribution is -2.45. The Morgan fingerprint density at radius 3 is 2.13 bits per heavy atom. The molecule has 1 aromatic heterocycles. The topological polar surface area (TPSA) is 73.4 Å². The molecule has 1 aliphatic heterocycles. The number of rotatable bonds is 16. The van der Waals surface area contributed by atoms with Crippen LogP contribution in [0, 0.1) is 6.92 Å². The lowest BCUT2D eigenvalue weighted by molar-refractivity contribution is -0.104. The van der Waals surface area contributed by atoms with Gasteiger partial charge in [-0.25, -0.2) is 4.98 Å². The zero-order valence-electron chi connectivity index (χ0n) is 30.4. The Labute approximate surface area is 333 Å². The summed E-state index contributed by atoms with van der Waals surface area (Å²) < 4.78 is 23.4. The van der Waals surface area contributed by atoms with Gasteiger partial charge in [-0.1, -0.05) is 65.7 Å². The molecule has 282 valence electrons. The Balaban J connectivity index is 0.00000561. The third kappa shape index (κ3) is 11.1. The van der Waals surface area contributed by atoms with Gasteiger partial charge in [-0.05, 0) is 84.6 Å². The molecule has 0 amide bonds. The standard InChI is InChI=1S/C43H43Cl2N3O5.ClH/c1-3-50-36-12-14-37(15-13-36)51-25-19-32-8-10-33(11-9-32)29-47-20-22-48(23-21-47)41(18-24-49)35-26-31(2)43(40(45)27-35)53-42-17-16-38(28-46-42)52-30-34-6-4-5-7-39(34)44;/h4-18,24,26-28H,3,19-23,25,29-30H2,1-2H3;1H/b41-18+;. The molecule has 0 spiro atoms. The molecule has 4 aromatic carbocycles. The van der Waals surface area contributed by atoms with E-state index in [0.29, 0.717) is 47.2 Å². The smallest absolute Gasteiger partial charge is 0.219 e. The Bertz CT molecular complexity index is 1960. The largest absolute Gasteiger partial charge is 0.494 e. The van der Waals surface area contributed by atoms with Gasteiger partial charge < -0.3 is 23.8 Å². The van der Waals surface area contributed by atoms with Crippen LogP contribution in [0.25, 0.3) is 5.70 Å². The zero-order chi connectivity index (χ0) is 37.0. The second-order valence-electron chi connectivity index (χ2n) is 12.7. The number of carbonyl (C=O) groups is 1. The maximum absolute atomic E-state index is 11.8. The molecule has 5 aromatic rings. The van der Waals surface area contributed by atoms with Crippen LogP contribution in [0.2, 0.25) is 10.0 Å². The number of pyridine rings is 1. The van der Waals surface area contributed by atoms with Crippen molar-refractivity contribution in [3.63, 3.8) is 0 Å². The minimum Gasteiger partial charge on any atom is -0.494 e. The summed E-state index contributed by atoms with van der Waals surface area (Å²) in [6.07, 6.45) is 4.88. The van der Waals surface area contributed by atoms with Crippen molar-refractivity contribution in [1.29, 1.82) is 0 Å². The molecule has 6 rings (SSSR count). The highest BCUT2D eigenvalue weighted by atomic mass is 35.5. The fourth-order valence-corrected chi connectivity index (χ4v) is 6.65. The predicted octanol–water partition coefficient (Wildman–Crippen LogP) is 9.87. The number of piperazine rings is 1. The van der Waals surface area contributed by atoms with Gasteiger partial charge in [-0.2, -0.15) is 0 Å². The fourth-order valence-electron chi connectivity index (χ4n) is 6.15. The van der Waals surface area contributed by atoms with Gasteiger partial charge in [0.1, 0.15) is 30.1 Å². The summed E-state index contributed by atoms with van der Waals surface area (Å²) in [7, 11) is 0. The highest BCUT2D eigenvalue weighted by Gasteiger charge is 2.22. The molecule has 8 nitrogen and oxygen atoms in total. The van der Waals surface area contributed by atoms with Crippen LogP contribution in [0.1, 0.15) is 34.7 Å². The van der Waals surface area contributed by atoms with Gasteiger partial charge in [-0.3, -0.25) is 9.69 Å². The first-order chi connectivity index (χ1) is 25.9. The van der Waals surface area contributed by atoms with E-state index in [2.05, 4.69) is 39.0 Å². The molecule has 0 saturated carbocycles. The minimum absolute atomic E-state index is 0. The summed E-state index contributed by atoms with van der Waals surface area (Å²) in [6, 6.07) is 31.4. The second kappa shape index (κ2) is 20.1. The number of nitrogens with zero attached hydrogens (tertiary/aromatic N) is 3. The molecule has 1 fully saturated rings. The number of ether oxygens (including phenoxy) is 4. The Morgan fingerprint density at radius 2 is 1.48 bits per heavy atom. The molecular weight excluding hydrogens is 745 g/mol. The summed E-state index contributed by atoms with van der Waals surface area (Å²) in [5, 5.41) is 1.09. The van der Waals surface area contributed by atoms with Gasteiger partial charge in [0, 0.05) is 67.6 Å². The van der Waals surface area contributed by atoms with E-state index in [1.807, 2.05) is 74.5 Å². The van der Waals surface area contributed by atoms with Crippen LogP contribution >= 0.6 is 35.6 Å². The average Bonchev–Trinajstić information content (AvgIpc) is 3.17. The van der Waals surface area contributed by atoms with Crippen molar-refractivity contribution in [3.8, 4) is 28.9 Å². The first-order valence-electron chi connectivity index (χ1n) is 17.8. The molecule has 0 unspecified atom stereocenters. The SMILES string of the molecule is CCOc1ccc(OCCc2ccc(CN3CCN(/C(=C/C=O)c4cc(C)c(Oc5ccc(OCc6ccccc6Cl)cn5)c(Cl)c4)CC3)cc2)cc1.Cl. The quantitative estimate of drug-likeness (QED) is 0.0723. The van der Waals surface area contributed by atoms with Gasteiger partial charge in [0.05, 0.1) is 24.4 Å². The third-order valence-electron chi connectivity index (χ3n) is 8.96. The number of benzene rings is 4. The monoisotopic (exact) mass is 787 g/mol. The van der Waals surface area contributed by atoms with Crippen LogP contribution in [0.4, 0.5) is 0 Å². The molecule has 0 bridgehead atoms. The maximum atomic E-state index is 11.8. The summed E-state index contributed by atoms with van der Waals surface area (Å²) in [6.45, 7) is 9.66. The number of carbonyl (C=O) groups excluding carboxylic acids is 1. The van der Waals surface area contributed by atoms with Crippen LogP contribution in [-0.4, -0.2) is 60.5 Å². The van der Waals surface area contributed by atoms with E-state index < -0.39 is 0 Å². The van der Waals surface area contributed by atoms with E-state index in [9.17, 15) is 4.79 Å². The van der Waals surface area contributed by atoms with Crippen LogP contribution in [0.15, 0.2) is 109 Å². The van der Waals surface area contributed by atoms with Crippen molar-refractivity contribution in [2.75, 3.05) is 39.4 Å². The van der Waals surface area contributed by atoms with Crippen molar-refractivity contribution in [2.45, 2.75) is 33.4 Å². The Morgan fingerprint density at radius 1 is 0.796 bits per heavy atom. The van der Waals surface area contributed by atoms with Crippen molar-refractivity contribution >= 4 is 47.6 Å². The molecular formula is C43H44Cl3N3O5. The zero-order valence-corrected chi connectivity index (χ0v) is 32.7. The number of halogens is 3. The van der Waals surface area contributed by atoms with Crippen molar-refractivity contribution in [2.24, 2.45) is 0 Å². The molecule has 0 radical (unpaired) electrons. The van der Waals surface area contributed by atoms with Gasteiger partial charge in [0.25, 0.3) is 0 Å². The molecule has 1 aliphatic rings. The number of aldehydes is 1. The predicted molar refractivity (Wildman–Crippen MR) is 218 cm³/mol. The highest BCUT2D eigenvalue weighted by Crippen LogP contribution is 2.36. The molecule has 1 saturated heterocycles. The van der Waals surface area contributed by atoms with E-state index in [1.54, 1.807) is 24.4 Å². The van der Waals surface area contributed by atoms with Crippen LogP contribution < -0.4 is 18.9 Å². The van der Waals surface area contributed by atoms with Crippen LogP contribution in [0.5, 0.6) is 28.9 Å². The van der Waals surface area contributed by atoms with Crippen LogP contribution in [-0.2, 0) is 24.4 Å². The van der Waals surface area contributed by atoms with E-state index >= 15 is 0 Å². The normalized spacial score (nSPS) is 13.2. The fraction of sp³-hybridized carbons (Fsp3) is 0.256. The Hall–Kier alpha value is -4.73. The molecule has 0 N–H and O–H groups in total. The van der Waals surface area contributed by atoms with E-state index in [0.717, 1.165) is 79.3 Å². The number of hydrogen-bond donors (Lipinski definition) is 0. The highest BCUT2D eigenvalue weighted by molar-refractivity contribution is 6.32. The van der Waals surface area contributed by atoms with E-state index in [1.165, 1.54) is 11.1 Å². The van der Waals surface area contributed by atoms with E-state index in [4.69, 9.17) is 42.1 Å². The molecule has 11 heteroatoms. The Kier molecular flexibility index (Phi) is 15.1. The number of aromatic nitrogens is 1. The number of allylic oxidation sites excluding steroid dienone is 1. The average molecular weight is 789 g/mol. The minimum atomic E-state index is 0. The molecule has 2 heterocycles. The summed E-state index contributed by atoms with van der Waals surface area (Å²) in [4.78, 5) is 20.9. The van der Waals surface area contributed by atoms with Gasteiger partial charge in [0.2, 0.25) is 5.88 Å². The summed E-state index contributed by atoms with van der Waals surface area (Å²) in [5.74, 6) is 3.18. The van der Waals surface area contributed by atoms with Crippen molar-refractivity contribution in [3.05, 3.63) is 147 Å². The van der Waals surface area contributed by atoms with Gasteiger partial charge in [0.15, 0.2) is 5.75 Å². The van der Waals surface area contributed by atoms with Crippen molar-refractivity contribution in [1.82, 2.24) is 14.8 Å². The summed E-state index contributed by atoms with van der Waals surface area (Å²) >= 11 is 13.0. The lowest BCUT2D eigenvalue weighted by atomic mass is 10.1. The molecule has 0 aliphatic carbocycles. The first kappa shape index (κ1) is 40.5.